The minimum absolute atomic E-state index is 0.00262. The molecule has 0 aromatic heterocycles. The standard InChI is InChI=1S/C13H15FN2O4S/c1-20-13(17)3-2-6-21(18,19)16-9-11-5-4-10(8-15)7-12(11)14/h4-5,7,16H,2-3,6,9H2,1H3. The predicted molar refractivity (Wildman–Crippen MR) is 73.0 cm³/mol. The number of hydrogen-bond donors (Lipinski definition) is 1. The van der Waals surface area contributed by atoms with E-state index in [1.807, 2.05) is 0 Å². The van der Waals surface area contributed by atoms with Crippen molar-refractivity contribution in [1.82, 2.24) is 4.72 Å². The van der Waals surface area contributed by atoms with Gasteiger partial charge in [-0.25, -0.2) is 17.5 Å². The molecule has 0 aliphatic heterocycles. The van der Waals surface area contributed by atoms with Crippen LogP contribution in [0.2, 0.25) is 0 Å². The minimum atomic E-state index is -3.61. The summed E-state index contributed by atoms with van der Waals surface area (Å²) < 4.78 is 43.6. The van der Waals surface area contributed by atoms with E-state index in [2.05, 4.69) is 9.46 Å². The van der Waals surface area contributed by atoms with Crippen LogP contribution in [0.15, 0.2) is 18.2 Å². The van der Waals surface area contributed by atoms with E-state index in [0.29, 0.717) is 0 Å². The maximum Gasteiger partial charge on any atom is 0.305 e. The van der Waals surface area contributed by atoms with Gasteiger partial charge in [-0.3, -0.25) is 4.79 Å². The van der Waals surface area contributed by atoms with Gasteiger partial charge in [-0.05, 0) is 18.6 Å². The van der Waals surface area contributed by atoms with Gasteiger partial charge in [-0.1, -0.05) is 6.07 Å². The summed E-state index contributed by atoms with van der Waals surface area (Å²) in [5.41, 5.74) is 0.308. The molecule has 1 rings (SSSR count). The van der Waals surface area contributed by atoms with E-state index >= 15 is 0 Å². The number of sulfonamides is 1. The Morgan fingerprint density at radius 1 is 1.48 bits per heavy atom. The molecule has 0 unspecified atom stereocenters. The molecule has 0 radical (unpaired) electrons. The Labute approximate surface area is 122 Å². The minimum Gasteiger partial charge on any atom is -0.469 e. The third kappa shape index (κ3) is 5.89. The van der Waals surface area contributed by atoms with Gasteiger partial charge < -0.3 is 4.74 Å². The predicted octanol–water partition coefficient (Wildman–Crippen LogP) is 1.07. The molecule has 1 aromatic carbocycles. The van der Waals surface area contributed by atoms with E-state index in [4.69, 9.17) is 5.26 Å². The summed E-state index contributed by atoms with van der Waals surface area (Å²) >= 11 is 0. The molecule has 0 atom stereocenters. The fraction of sp³-hybridized carbons (Fsp3) is 0.385. The summed E-state index contributed by atoms with van der Waals surface area (Å²) in [5.74, 6) is -1.38. The average molecular weight is 314 g/mol. The number of halogens is 1. The zero-order valence-electron chi connectivity index (χ0n) is 11.4. The first-order valence-electron chi connectivity index (χ1n) is 6.10. The van der Waals surface area contributed by atoms with E-state index in [1.165, 1.54) is 19.2 Å². The van der Waals surface area contributed by atoms with E-state index in [9.17, 15) is 17.6 Å². The molecule has 0 aliphatic rings. The van der Waals surface area contributed by atoms with Crippen LogP contribution >= 0.6 is 0 Å². The Bertz CT molecular complexity index is 653. The van der Waals surface area contributed by atoms with Gasteiger partial charge in [0.15, 0.2) is 0 Å². The number of nitrogens with zero attached hydrogens (tertiary/aromatic N) is 1. The first-order chi connectivity index (χ1) is 9.88. The monoisotopic (exact) mass is 314 g/mol. The molecule has 0 saturated heterocycles. The number of methoxy groups -OCH3 is 1. The molecule has 21 heavy (non-hydrogen) atoms. The number of nitriles is 1. The zero-order chi connectivity index (χ0) is 15.9. The topological polar surface area (TPSA) is 96.3 Å². The van der Waals surface area contributed by atoms with Crippen molar-refractivity contribution in [3.05, 3.63) is 35.1 Å². The van der Waals surface area contributed by atoms with Crippen LogP contribution in [-0.2, 0) is 26.1 Å². The second kappa shape index (κ2) is 7.71. The van der Waals surface area contributed by atoms with Crippen molar-refractivity contribution in [1.29, 1.82) is 5.26 Å². The molecule has 6 nitrogen and oxygen atoms in total. The Morgan fingerprint density at radius 2 is 2.19 bits per heavy atom. The molecule has 0 fully saturated rings. The lowest BCUT2D eigenvalue weighted by molar-refractivity contribution is -0.140. The van der Waals surface area contributed by atoms with Crippen LogP contribution in [-0.4, -0.2) is 27.2 Å². The number of ether oxygens (including phenoxy) is 1. The van der Waals surface area contributed by atoms with Gasteiger partial charge in [0.25, 0.3) is 0 Å². The first-order valence-corrected chi connectivity index (χ1v) is 7.76. The Morgan fingerprint density at radius 3 is 2.76 bits per heavy atom. The highest BCUT2D eigenvalue weighted by Crippen LogP contribution is 2.10. The summed E-state index contributed by atoms with van der Waals surface area (Å²) in [4.78, 5) is 10.9. The number of nitrogens with one attached hydrogen (secondary N) is 1. The van der Waals surface area contributed by atoms with Gasteiger partial charge in [-0.15, -0.1) is 0 Å². The van der Waals surface area contributed by atoms with Crippen LogP contribution in [0.3, 0.4) is 0 Å². The first kappa shape index (κ1) is 17.1. The molecule has 0 spiro atoms. The van der Waals surface area contributed by atoms with Crippen LogP contribution in [0.25, 0.3) is 0 Å². The Hall–Kier alpha value is -1.98. The fourth-order valence-electron chi connectivity index (χ4n) is 1.53. The van der Waals surface area contributed by atoms with Crippen molar-refractivity contribution in [2.24, 2.45) is 0 Å². The second-order valence-electron chi connectivity index (χ2n) is 4.24. The van der Waals surface area contributed by atoms with Crippen LogP contribution in [0.4, 0.5) is 4.39 Å². The van der Waals surface area contributed by atoms with Crippen molar-refractivity contribution in [3.8, 4) is 6.07 Å². The summed E-state index contributed by atoms with van der Waals surface area (Å²) in [6.07, 6.45) is 0.125. The van der Waals surface area contributed by atoms with E-state index in [1.54, 1.807) is 6.07 Å². The van der Waals surface area contributed by atoms with Gasteiger partial charge in [-0.2, -0.15) is 5.26 Å². The smallest absolute Gasteiger partial charge is 0.305 e. The van der Waals surface area contributed by atoms with Gasteiger partial charge in [0.1, 0.15) is 5.82 Å². The number of rotatable bonds is 7. The van der Waals surface area contributed by atoms with Crippen LogP contribution in [0, 0.1) is 17.1 Å². The summed E-state index contributed by atoms with van der Waals surface area (Å²) in [6.45, 7) is -0.210. The molecular formula is C13H15FN2O4S. The number of carbonyl (C=O) groups is 1. The fourth-order valence-corrected chi connectivity index (χ4v) is 2.57. The number of hydrogen-bond acceptors (Lipinski definition) is 5. The van der Waals surface area contributed by atoms with Crippen molar-refractivity contribution in [3.63, 3.8) is 0 Å². The summed E-state index contributed by atoms with van der Waals surface area (Å²) in [5, 5.41) is 8.61. The van der Waals surface area contributed by atoms with E-state index < -0.39 is 21.8 Å². The molecule has 114 valence electrons. The second-order valence-corrected chi connectivity index (χ2v) is 6.16. The SMILES string of the molecule is COC(=O)CCCS(=O)(=O)NCc1ccc(C#N)cc1F. The lowest BCUT2D eigenvalue weighted by atomic mass is 10.1. The van der Waals surface area contributed by atoms with Gasteiger partial charge in [0, 0.05) is 18.5 Å². The lowest BCUT2D eigenvalue weighted by Crippen LogP contribution is -2.26. The summed E-state index contributed by atoms with van der Waals surface area (Å²) in [7, 11) is -2.38. The maximum atomic E-state index is 13.6. The third-order valence-electron chi connectivity index (χ3n) is 2.69. The molecule has 0 amide bonds. The van der Waals surface area contributed by atoms with Crippen molar-refractivity contribution in [2.75, 3.05) is 12.9 Å². The van der Waals surface area contributed by atoms with Crippen LogP contribution in [0.5, 0.6) is 0 Å². The van der Waals surface area contributed by atoms with Gasteiger partial charge >= 0.3 is 5.97 Å². The number of esters is 1. The molecule has 8 heteroatoms. The lowest BCUT2D eigenvalue weighted by Gasteiger charge is -2.07. The third-order valence-corrected chi connectivity index (χ3v) is 4.10. The average Bonchev–Trinajstić information content (AvgIpc) is 2.45. The highest BCUT2D eigenvalue weighted by Gasteiger charge is 2.13. The van der Waals surface area contributed by atoms with E-state index in [-0.39, 0.29) is 36.3 Å². The van der Waals surface area contributed by atoms with Crippen LogP contribution in [0.1, 0.15) is 24.0 Å². The molecule has 0 saturated carbocycles. The normalized spacial score (nSPS) is 10.9. The zero-order valence-corrected chi connectivity index (χ0v) is 12.2. The largest absolute Gasteiger partial charge is 0.469 e. The molecule has 0 heterocycles. The molecule has 1 N–H and O–H groups in total. The highest BCUT2D eigenvalue weighted by molar-refractivity contribution is 7.89. The Kier molecular flexibility index (Phi) is 6.27. The van der Waals surface area contributed by atoms with Gasteiger partial charge in [0.2, 0.25) is 10.0 Å². The quantitative estimate of drug-likeness (QED) is 0.759. The van der Waals surface area contributed by atoms with Gasteiger partial charge in [0.05, 0.1) is 24.5 Å². The summed E-state index contributed by atoms with van der Waals surface area (Å²) in [6, 6.07) is 5.59. The van der Waals surface area contributed by atoms with Crippen LogP contribution < -0.4 is 4.72 Å². The number of benzene rings is 1. The van der Waals surface area contributed by atoms with Crippen molar-refractivity contribution >= 4 is 16.0 Å². The van der Waals surface area contributed by atoms with Crippen molar-refractivity contribution < 1.29 is 22.3 Å². The molecule has 0 bridgehead atoms. The molecular weight excluding hydrogens is 299 g/mol. The molecule has 0 aliphatic carbocycles. The highest BCUT2D eigenvalue weighted by atomic mass is 32.2. The maximum absolute atomic E-state index is 13.6. The number of carbonyl (C=O) groups excluding carboxylic acids is 1. The Balaban J connectivity index is 2.54. The van der Waals surface area contributed by atoms with E-state index in [0.717, 1.165) is 6.07 Å². The van der Waals surface area contributed by atoms with Crippen molar-refractivity contribution in [2.45, 2.75) is 19.4 Å². The molecule has 1 aromatic rings.